The first kappa shape index (κ1) is 33.2. The highest BCUT2D eigenvalue weighted by Crippen LogP contribution is 2.44. The van der Waals surface area contributed by atoms with Crippen molar-refractivity contribution in [2.45, 2.75) is 0 Å². The number of hydrogen-bond donors (Lipinski definition) is 0. The second kappa shape index (κ2) is 14.4. The monoisotopic (exact) mass is 714 g/mol. The summed E-state index contributed by atoms with van der Waals surface area (Å²) < 4.78 is 2.45. The predicted molar refractivity (Wildman–Crippen MR) is 237 cm³/mol. The van der Waals surface area contributed by atoms with E-state index in [0.717, 1.165) is 39.4 Å². The molecule has 2 heteroatoms. The summed E-state index contributed by atoms with van der Waals surface area (Å²) in [5, 5.41) is 2.45. The van der Waals surface area contributed by atoms with E-state index >= 15 is 0 Å². The number of rotatable bonds is 8. The van der Waals surface area contributed by atoms with Gasteiger partial charge in [-0.2, -0.15) is 0 Å². The molecule has 10 rings (SSSR count). The molecule has 0 spiro atoms. The average molecular weight is 715 g/mol. The molecule has 0 saturated carbocycles. The number of nitrogens with zero attached hydrogens (tertiary/aromatic N) is 2. The second-order valence-corrected chi connectivity index (χ2v) is 14.1. The number of para-hydroxylation sites is 3. The highest BCUT2D eigenvalue weighted by atomic mass is 15.1. The molecule has 9 aromatic carbocycles. The van der Waals surface area contributed by atoms with Gasteiger partial charge in [-0.1, -0.05) is 188 Å². The molecule has 264 valence electrons. The van der Waals surface area contributed by atoms with Gasteiger partial charge in [-0.3, -0.25) is 0 Å². The molecule has 1 heterocycles. The molecule has 0 radical (unpaired) electrons. The topological polar surface area (TPSA) is 8.17 Å². The lowest BCUT2D eigenvalue weighted by molar-refractivity contribution is 1.18. The second-order valence-electron chi connectivity index (χ2n) is 14.1. The molecule has 0 saturated heterocycles. The van der Waals surface area contributed by atoms with Crippen LogP contribution in [0.2, 0.25) is 0 Å². The van der Waals surface area contributed by atoms with Crippen LogP contribution in [0.25, 0.3) is 72.0 Å². The fourth-order valence-corrected chi connectivity index (χ4v) is 8.13. The van der Waals surface area contributed by atoms with Crippen LogP contribution in [0, 0.1) is 0 Å². The molecule has 0 bridgehead atoms. The molecule has 0 atom stereocenters. The zero-order valence-corrected chi connectivity index (χ0v) is 30.8. The molecule has 0 aliphatic heterocycles. The Morgan fingerprint density at radius 2 is 0.732 bits per heavy atom. The minimum atomic E-state index is 1.08. The van der Waals surface area contributed by atoms with Crippen LogP contribution in [0.4, 0.5) is 17.1 Å². The molecule has 1 aromatic heterocycles. The first-order valence-corrected chi connectivity index (χ1v) is 19.2. The molecular formula is C54H38N2. The summed E-state index contributed by atoms with van der Waals surface area (Å²) in [5.41, 5.74) is 16.3. The molecular weight excluding hydrogens is 677 g/mol. The Morgan fingerprint density at radius 1 is 0.286 bits per heavy atom. The Bertz CT molecular complexity index is 2930. The summed E-state index contributed by atoms with van der Waals surface area (Å²) in [6, 6.07) is 83.1. The van der Waals surface area contributed by atoms with E-state index < -0.39 is 0 Å². The van der Waals surface area contributed by atoms with Crippen molar-refractivity contribution >= 4 is 38.9 Å². The molecule has 0 aliphatic rings. The zero-order valence-electron chi connectivity index (χ0n) is 30.8. The van der Waals surface area contributed by atoms with Crippen LogP contribution < -0.4 is 4.90 Å². The van der Waals surface area contributed by atoms with E-state index in [-0.39, 0.29) is 0 Å². The summed E-state index contributed by atoms with van der Waals surface area (Å²) in [4.78, 5) is 2.42. The third-order valence-corrected chi connectivity index (χ3v) is 10.8. The third-order valence-electron chi connectivity index (χ3n) is 10.8. The van der Waals surface area contributed by atoms with Gasteiger partial charge in [0.1, 0.15) is 0 Å². The number of hydrogen-bond acceptors (Lipinski definition) is 1. The minimum absolute atomic E-state index is 1.08. The van der Waals surface area contributed by atoms with Gasteiger partial charge >= 0.3 is 0 Å². The van der Waals surface area contributed by atoms with Crippen molar-refractivity contribution < 1.29 is 0 Å². The standard InChI is InChI=1S/C54H38N2/c1-4-16-39(17-5-1)41-28-30-44(31-29-41)48-23-10-13-25-51(48)55(45-34-32-42(33-35-45)40-18-6-2-7-19-40)46-36-37-50-49-24-12-15-27-53(49)56(54(50)38-46)52-26-14-11-22-47(52)43-20-8-3-9-21-43/h1-38H. The fraction of sp³-hybridized carbons (Fsp3) is 0. The van der Waals surface area contributed by atoms with Crippen molar-refractivity contribution in [1.82, 2.24) is 4.57 Å². The number of benzene rings is 9. The Balaban J connectivity index is 1.18. The van der Waals surface area contributed by atoms with Crippen LogP contribution in [-0.4, -0.2) is 4.57 Å². The van der Waals surface area contributed by atoms with Crippen molar-refractivity contribution in [3.63, 3.8) is 0 Å². The van der Waals surface area contributed by atoms with E-state index in [4.69, 9.17) is 0 Å². The maximum absolute atomic E-state index is 2.45. The summed E-state index contributed by atoms with van der Waals surface area (Å²) in [7, 11) is 0. The molecule has 2 nitrogen and oxygen atoms in total. The fourth-order valence-electron chi connectivity index (χ4n) is 8.13. The lowest BCUT2D eigenvalue weighted by Crippen LogP contribution is -2.11. The van der Waals surface area contributed by atoms with Gasteiger partial charge in [0.05, 0.1) is 22.4 Å². The van der Waals surface area contributed by atoms with Gasteiger partial charge in [0, 0.05) is 33.3 Å². The van der Waals surface area contributed by atoms with E-state index in [1.54, 1.807) is 0 Å². The number of aromatic nitrogens is 1. The van der Waals surface area contributed by atoms with Crippen molar-refractivity contribution in [1.29, 1.82) is 0 Å². The quantitative estimate of drug-likeness (QED) is 0.152. The smallest absolute Gasteiger partial charge is 0.0562 e. The van der Waals surface area contributed by atoms with Crippen molar-refractivity contribution in [2.24, 2.45) is 0 Å². The molecule has 0 aliphatic carbocycles. The van der Waals surface area contributed by atoms with Gasteiger partial charge < -0.3 is 9.47 Å². The van der Waals surface area contributed by atoms with E-state index in [0.29, 0.717) is 0 Å². The highest BCUT2D eigenvalue weighted by Gasteiger charge is 2.21. The molecule has 0 N–H and O–H groups in total. The summed E-state index contributed by atoms with van der Waals surface area (Å²) in [5.74, 6) is 0. The number of fused-ring (bicyclic) bond motifs is 3. The lowest BCUT2D eigenvalue weighted by atomic mass is 9.98. The van der Waals surface area contributed by atoms with Crippen LogP contribution in [0.3, 0.4) is 0 Å². The first-order valence-electron chi connectivity index (χ1n) is 19.2. The Labute approximate surface area is 327 Å². The largest absolute Gasteiger partial charge is 0.310 e. The summed E-state index contributed by atoms with van der Waals surface area (Å²) in [6.45, 7) is 0. The maximum atomic E-state index is 2.45. The third kappa shape index (κ3) is 6.04. The molecule has 56 heavy (non-hydrogen) atoms. The zero-order chi connectivity index (χ0) is 37.3. The van der Waals surface area contributed by atoms with Gasteiger partial charge in [0.2, 0.25) is 0 Å². The molecule has 0 amide bonds. The van der Waals surface area contributed by atoms with Gasteiger partial charge in [0.15, 0.2) is 0 Å². The van der Waals surface area contributed by atoms with Crippen LogP contribution >= 0.6 is 0 Å². The van der Waals surface area contributed by atoms with Crippen LogP contribution in [-0.2, 0) is 0 Å². The lowest BCUT2D eigenvalue weighted by Gasteiger charge is -2.28. The maximum Gasteiger partial charge on any atom is 0.0562 e. The van der Waals surface area contributed by atoms with Crippen molar-refractivity contribution in [3.05, 3.63) is 231 Å². The predicted octanol–water partition coefficient (Wildman–Crippen LogP) is 14.9. The first-order chi connectivity index (χ1) is 27.8. The van der Waals surface area contributed by atoms with Crippen molar-refractivity contribution in [3.8, 4) is 50.2 Å². The van der Waals surface area contributed by atoms with Crippen molar-refractivity contribution in [2.75, 3.05) is 4.90 Å². The summed E-state index contributed by atoms with van der Waals surface area (Å²) >= 11 is 0. The van der Waals surface area contributed by atoms with Gasteiger partial charge in [0.25, 0.3) is 0 Å². The SMILES string of the molecule is c1ccc(-c2ccc(-c3ccccc3N(c3ccc(-c4ccccc4)cc3)c3ccc4c5ccccc5n(-c5ccccc5-c5ccccc5)c4c3)cc2)cc1. The molecule has 0 unspecified atom stereocenters. The normalized spacial score (nSPS) is 11.2. The van der Waals surface area contributed by atoms with Crippen LogP contribution in [0.15, 0.2) is 231 Å². The van der Waals surface area contributed by atoms with Gasteiger partial charge in [-0.25, -0.2) is 0 Å². The van der Waals surface area contributed by atoms with E-state index in [9.17, 15) is 0 Å². The Hall–Kier alpha value is -7.42. The summed E-state index contributed by atoms with van der Waals surface area (Å²) in [6.07, 6.45) is 0. The van der Waals surface area contributed by atoms with E-state index in [2.05, 4.69) is 240 Å². The van der Waals surface area contributed by atoms with Gasteiger partial charge in [-0.05, 0) is 75.8 Å². The molecule has 0 fully saturated rings. The average Bonchev–Trinajstić information content (AvgIpc) is 3.61. The highest BCUT2D eigenvalue weighted by molar-refractivity contribution is 6.11. The Morgan fingerprint density at radius 3 is 1.41 bits per heavy atom. The minimum Gasteiger partial charge on any atom is -0.310 e. The van der Waals surface area contributed by atoms with Gasteiger partial charge in [-0.15, -0.1) is 0 Å². The molecule has 10 aromatic rings. The van der Waals surface area contributed by atoms with Crippen LogP contribution in [0.5, 0.6) is 0 Å². The van der Waals surface area contributed by atoms with E-state index in [1.807, 2.05) is 0 Å². The Kier molecular flexibility index (Phi) is 8.55. The van der Waals surface area contributed by atoms with Crippen LogP contribution in [0.1, 0.15) is 0 Å². The van der Waals surface area contributed by atoms with E-state index in [1.165, 1.54) is 49.7 Å². The number of anilines is 3.